The third kappa shape index (κ3) is 4.94. The van der Waals surface area contributed by atoms with Gasteiger partial charge in [0.25, 0.3) is 0 Å². The summed E-state index contributed by atoms with van der Waals surface area (Å²) in [5.74, 6) is 1.39. The van der Waals surface area contributed by atoms with Crippen LogP contribution in [0.4, 0.5) is 0 Å². The van der Waals surface area contributed by atoms with Crippen LogP contribution in [0.15, 0.2) is 34.3 Å². The second kappa shape index (κ2) is 9.57. The largest absolute Gasteiger partial charge is 0.494 e. The maximum atomic E-state index is 12.9. The highest BCUT2D eigenvalue weighted by Gasteiger charge is 2.20. The molecule has 0 amide bonds. The molecule has 9 heteroatoms. The maximum Gasteiger partial charge on any atom is 0.351 e. The summed E-state index contributed by atoms with van der Waals surface area (Å²) in [4.78, 5) is 17.6. The lowest BCUT2D eigenvalue weighted by Gasteiger charge is -2.32. The zero-order chi connectivity index (χ0) is 21.8. The van der Waals surface area contributed by atoms with Gasteiger partial charge in [0.15, 0.2) is 0 Å². The van der Waals surface area contributed by atoms with Crippen molar-refractivity contribution >= 4 is 5.71 Å². The molecule has 3 heterocycles. The summed E-state index contributed by atoms with van der Waals surface area (Å²) in [5.41, 5.74) is 1.21. The van der Waals surface area contributed by atoms with E-state index in [9.17, 15) is 9.90 Å². The molecule has 0 unspecified atom stereocenters. The molecule has 1 aromatic carbocycles. The average molecular weight is 430 g/mol. The Labute approximate surface area is 182 Å². The van der Waals surface area contributed by atoms with Crippen LogP contribution in [0.1, 0.15) is 25.3 Å². The molecule has 9 nitrogen and oxygen atoms in total. The highest BCUT2D eigenvalue weighted by atomic mass is 16.5. The molecular formula is C22H31N5O4. The van der Waals surface area contributed by atoms with Crippen LogP contribution in [0, 0.1) is 0 Å². The maximum absolute atomic E-state index is 12.9. The van der Waals surface area contributed by atoms with Crippen LogP contribution in [-0.4, -0.2) is 82.8 Å². The van der Waals surface area contributed by atoms with Crippen molar-refractivity contribution < 1.29 is 14.6 Å². The lowest BCUT2D eigenvalue weighted by atomic mass is 10.0. The summed E-state index contributed by atoms with van der Waals surface area (Å²) >= 11 is 0. The first-order valence-corrected chi connectivity index (χ1v) is 10.9. The fraction of sp³-hybridized carbons (Fsp3) is 0.545. The molecule has 0 saturated carbocycles. The summed E-state index contributed by atoms with van der Waals surface area (Å²) in [6.45, 7) is 8.56. The molecule has 31 heavy (non-hydrogen) atoms. The van der Waals surface area contributed by atoms with Crippen molar-refractivity contribution in [2.45, 2.75) is 26.3 Å². The van der Waals surface area contributed by atoms with Gasteiger partial charge < -0.3 is 24.4 Å². The predicted octanol–water partition coefficient (Wildman–Crippen LogP) is 1.43. The third-order valence-corrected chi connectivity index (χ3v) is 5.79. The van der Waals surface area contributed by atoms with E-state index < -0.39 is 0 Å². The number of piperazine rings is 1. The highest BCUT2D eigenvalue weighted by molar-refractivity contribution is 6.04. The second-order valence-electron chi connectivity index (χ2n) is 8.00. The fourth-order valence-corrected chi connectivity index (χ4v) is 4.00. The number of hydrogen-bond acceptors (Lipinski definition) is 7. The molecule has 2 aliphatic rings. The Balaban J connectivity index is 1.48. The van der Waals surface area contributed by atoms with Gasteiger partial charge in [-0.3, -0.25) is 4.57 Å². The number of ether oxygens (including phenoxy) is 2. The quantitative estimate of drug-likeness (QED) is 0.717. The van der Waals surface area contributed by atoms with Gasteiger partial charge in [0, 0.05) is 44.7 Å². The van der Waals surface area contributed by atoms with Gasteiger partial charge in [-0.1, -0.05) is 0 Å². The van der Waals surface area contributed by atoms with Gasteiger partial charge in [-0.2, -0.15) is 9.78 Å². The van der Waals surface area contributed by atoms with E-state index in [4.69, 9.17) is 9.47 Å². The summed E-state index contributed by atoms with van der Waals surface area (Å²) in [7, 11) is 2.13. The number of hydrogen-bond donors (Lipinski definition) is 1. The van der Waals surface area contributed by atoms with E-state index in [0.29, 0.717) is 26.2 Å². The number of rotatable bonds is 7. The van der Waals surface area contributed by atoms with Crippen LogP contribution >= 0.6 is 0 Å². The first-order chi connectivity index (χ1) is 15.0. The number of imidazole rings is 1. The number of fused-ring (bicyclic) bond motifs is 1. The van der Waals surface area contributed by atoms with Crippen molar-refractivity contribution in [3.05, 3.63) is 40.4 Å². The Hall–Kier alpha value is -2.78. The fourth-order valence-electron chi connectivity index (χ4n) is 4.00. The topological polar surface area (TPSA) is 84.5 Å². The van der Waals surface area contributed by atoms with Crippen LogP contribution in [0.2, 0.25) is 0 Å². The van der Waals surface area contributed by atoms with Crippen molar-refractivity contribution in [3.63, 3.8) is 0 Å². The Bertz CT molecular complexity index is 988. The van der Waals surface area contributed by atoms with E-state index in [2.05, 4.69) is 21.9 Å². The Morgan fingerprint density at radius 3 is 2.77 bits per heavy atom. The van der Waals surface area contributed by atoms with Crippen LogP contribution < -0.4 is 15.2 Å². The molecule has 0 bridgehead atoms. The second-order valence-corrected chi connectivity index (χ2v) is 8.00. The Kier molecular flexibility index (Phi) is 6.62. The minimum atomic E-state index is -0.336. The van der Waals surface area contributed by atoms with E-state index in [1.54, 1.807) is 0 Å². The molecule has 2 aromatic rings. The summed E-state index contributed by atoms with van der Waals surface area (Å²) in [6, 6.07) is 5.60. The zero-order valence-corrected chi connectivity index (χ0v) is 18.3. The van der Waals surface area contributed by atoms with Gasteiger partial charge >= 0.3 is 5.69 Å². The Morgan fingerprint density at radius 2 is 2.00 bits per heavy atom. The molecule has 0 spiro atoms. The van der Waals surface area contributed by atoms with E-state index >= 15 is 0 Å². The molecule has 1 aromatic heterocycles. The van der Waals surface area contributed by atoms with Crippen molar-refractivity contribution in [3.8, 4) is 17.4 Å². The average Bonchev–Trinajstić information content (AvgIpc) is 3.03. The van der Waals surface area contributed by atoms with Gasteiger partial charge in [-0.15, -0.1) is 0 Å². The predicted molar refractivity (Wildman–Crippen MR) is 119 cm³/mol. The van der Waals surface area contributed by atoms with Crippen LogP contribution in [-0.2, 0) is 6.54 Å². The van der Waals surface area contributed by atoms with E-state index in [-0.39, 0.29) is 11.6 Å². The molecule has 2 aliphatic heterocycles. The number of likely N-dealkylation sites (N-methyl/N-ethyl adjacent to an activating group) is 1. The van der Waals surface area contributed by atoms with E-state index in [1.807, 2.05) is 25.1 Å². The van der Waals surface area contributed by atoms with Crippen molar-refractivity contribution in [1.29, 1.82) is 0 Å². The van der Waals surface area contributed by atoms with Crippen LogP contribution in [0.25, 0.3) is 0 Å². The molecule has 168 valence electrons. The smallest absolute Gasteiger partial charge is 0.351 e. The number of nitrogens with zero attached hydrogens (tertiary/aromatic N) is 5. The highest BCUT2D eigenvalue weighted by Crippen LogP contribution is 2.29. The van der Waals surface area contributed by atoms with Gasteiger partial charge in [0.1, 0.15) is 11.5 Å². The molecule has 1 saturated heterocycles. The molecule has 0 atom stereocenters. The number of aromatic hydroxyl groups is 1. The van der Waals surface area contributed by atoms with E-state index in [1.165, 1.54) is 15.4 Å². The van der Waals surface area contributed by atoms with Gasteiger partial charge in [0.05, 0.1) is 25.1 Å². The van der Waals surface area contributed by atoms with E-state index in [0.717, 1.165) is 61.9 Å². The van der Waals surface area contributed by atoms with Crippen LogP contribution in [0.5, 0.6) is 17.4 Å². The Morgan fingerprint density at radius 1 is 1.19 bits per heavy atom. The number of aromatic nitrogens is 2. The molecule has 1 fully saturated rings. The molecule has 4 rings (SSSR count). The SMILES string of the molecule is CCOc1ccc2c(c1)/C(=N/n1cc(O)n(CCCN3CCN(C)CC3)c1=O)CCO2. The van der Waals surface area contributed by atoms with Crippen LogP contribution in [0.3, 0.4) is 0 Å². The van der Waals surface area contributed by atoms with Gasteiger partial charge in [-0.25, -0.2) is 4.79 Å². The first kappa shape index (κ1) is 21.5. The molecule has 1 N–H and O–H groups in total. The van der Waals surface area contributed by atoms with Crippen molar-refractivity contribution in [2.75, 3.05) is 53.0 Å². The zero-order valence-electron chi connectivity index (χ0n) is 18.3. The summed E-state index contributed by atoms with van der Waals surface area (Å²) in [5, 5.41) is 14.9. The normalized spacial score (nSPS) is 18.7. The summed E-state index contributed by atoms with van der Waals surface area (Å²) in [6.07, 6.45) is 2.75. The first-order valence-electron chi connectivity index (χ1n) is 10.9. The van der Waals surface area contributed by atoms with Gasteiger partial charge in [-0.05, 0) is 45.1 Å². The number of benzene rings is 1. The lowest BCUT2D eigenvalue weighted by molar-refractivity contribution is 0.151. The summed E-state index contributed by atoms with van der Waals surface area (Å²) < 4.78 is 13.9. The van der Waals surface area contributed by atoms with Crippen molar-refractivity contribution in [2.24, 2.45) is 5.10 Å². The minimum absolute atomic E-state index is 0.0666. The molecule has 0 radical (unpaired) electrons. The molecular weight excluding hydrogens is 398 g/mol. The third-order valence-electron chi connectivity index (χ3n) is 5.79. The van der Waals surface area contributed by atoms with Gasteiger partial charge in [0.2, 0.25) is 5.88 Å². The van der Waals surface area contributed by atoms with Crippen molar-refractivity contribution in [1.82, 2.24) is 19.0 Å². The lowest BCUT2D eigenvalue weighted by Crippen LogP contribution is -2.44. The molecule has 0 aliphatic carbocycles. The monoisotopic (exact) mass is 429 g/mol. The standard InChI is InChI=1S/C22H31N5O4/c1-3-30-17-5-6-20-18(15-17)19(7-14-31-20)23-27-16-21(28)26(22(27)29)9-4-8-25-12-10-24(2)11-13-25/h5-6,15-16,28H,3-4,7-14H2,1-2H3/b23-19+. The minimum Gasteiger partial charge on any atom is -0.494 e.